The molecule has 0 bridgehead atoms. The molecule has 1 heterocycles. The van der Waals surface area contributed by atoms with Crippen LogP contribution in [0.2, 0.25) is 0 Å². The molecule has 1 amide bonds. The summed E-state index contributed by atoms with van der Waals surface area (Å²) in [5, 5.41) is 4.80. The van der Waals surface area contributed by atoms with Gasteiger partial charge >= 0.3 is 0 Å². The topological polar surface area (TPSA) is 68.0 Å². The van der Waals surface area contributed by atoms with Crippen molar-refractivity contribution in [2.45, 2.75) is 25.8 Å². The maximum absolute atomic E-state index is 13.5. The number of aromatic nitrogens is 1. The normalized spacial score (nSPS) is 12.1. The van der Waals surface area contributed by atoms with Gasteiger partial charge in [0, 0.05) is 17.0 Å². The molecule has 0 fully saturated rings. The molecule has 3 N–H and O–H groups in total. The number of nitrogen functional groups attached to an aromatic ring is 1. The summed E-state index contributed by atoms with van der Waals surface area (Å²) in [5.74, 6) is -1.48. The molecule has 0 spiro atoms. The van der Waals surface area contributed by atoms with Crippen molar-refractivity contribution in [2.24, 2.45) is 0 Å². The lowest BCUT2D eigenvalue weighted by Crippen LogP contribution is -2.35. The largest absolute Gasteiger partial charge is 0.375 e. The van der Waals surface area contributed by atoms with Crippen molar-refractivity contribution in [3.8, 4) is 0 Å². The Morgan fingerprint density at radius 1 is 1.43 bits per heavy atom. The van der Waals surface area contributed by atoms with Crippen molar-refractivity contribution in [2.75, 3.05) is 5.73 Å². The van der Waals surface area contributed by atoms with E-state index in [4.69, 9.17) is 5.73 Å². The monoisotopic (exact) mass is 311 g/mol. The van der Waals surface area contributed by atoms with E-state index in [2.05, 4.69) is 10.3 Å². The summed E-state index contributed by atoms with van der Waals surface area (Å²) in [4.78, 5) is 15.8. The second kappa shape index (κ2) is 6.62. The molecule has 2 rings (SSSR count). The van der Waals surface area contributed by atoms with Crippen molar-refractivity contribution in [3.05, 3.63) is 46.5 Å². The third-order valence-electron chi connectivity index (χ3n) is 2.89. The Morgan fingerprint density at radius 3 is 2.67 bits per heavy atom. The van der Waals surface area contributed by atoms with Gasteiger partial charge in [-0.3, -0.25) is 4.79 Å². The number of hydrogen-bond donors (Lipinski definition) is 2. The molecule has 1 atom stereocenters. The van der Waals surface area contributed by atoms with Gasteiger partial charge in [0.05, 0.1) is 12.1 Å². The maximum Gasteiger partial charge on any atom is 0.226 e. The second-order valence-corrected chi connectivity index (χ2v) is 5.62. The molecule has 0 aliphatic carbocycles. The Morgan fingerprint density at radius 2 is 2.10 bits per heavy atom. The van der Waals surface area contributed by atoms with E-state index in [9.17, 15) is 13.6 Å². The third-order valence-corrected chi connectivity index (χ3v) is 3.61. The second-order valence-electron chi connectivity index (χ2n) is 4.73. The van der Waals surface area contributed by atoms with Crippen LogP contribution >= 0.6 is 11.3 Å². The number of anilines is 1. The van der Waals surface area contributed by atoms with Crippen LogP contribution in [-0.2, 0) is 17.6 Å². The summed E-state index contributed by atoms with van der Waals surface area (Å²) in [6.07, 6.45) is 0.182. The van der Waals surface area contributed by atoms with E-state index in [0.717, 1.165) is 0 Å². The summed E-state index contributed by atoms with van der Waals surface area (Å²) < 4.78 is 27.0. The molecule has 0 saturated carbocycles. The number of carbonyl (C=O) groups excluding carboxylic acids is 1. The molecule has 21 heavy (non-hydrogen) atoms. The number of benzene rings is 1. The lowest BCUT2D eigenvalue weighted by atomic mass is 10.1. The number of halogens is 2. The Balaban J connectivity index is 1.92. The molecule has 1 unspecified atom stereocenters. The highest BCUT2D eigenvalue weighted by molar-refractivity contribution is 7.13. The Hall–Kier alpha value is -2.02. The number of carbonyl (C=O) groups is 1. The molecule has 2 aromatic rings. The quantitative estimate of drug-likeness (QED) is 0.890. The van der Waals surface area contributed by atoms with Crippen molar-refractivity contribution in [1.29, 1.82) is 0 Å². The van der Waals surface area contributed by atoms with Crippen LogP contribution in [0.1, 0.15) is 18.2 Å². The Kier molecular flexibility index (Phi) is 4.85. The predicted molar refractivity (Wildman–Crippen MR) is 77.9 cm³/mol. The molecule has 7 heteroatoms. The Bertz CT molecular complexity index is 625. The fourth-order valence-corrected chi connectivity index (χ4v) is 2.54. The first-order chi connectivity index (χ1) is 9.95. The van der Waals surface area contributed by atoms with Crippen LogP contribution in [0.5, 0.6) is 0 Å². The summed E-state index contributed by atoms with van der Waals surface area (Å²) in [6.45, 7) is 1.69. The first kappa shape index (κ1) is 15.4. The van der Waals surface area contributed by atoms with Crippen molar-refractivity contribution in [3.63, 3.8) is 0 Å². The highest BCUT2D eigenvalue weighted by Crippen LogP contribution is 2.14. The van der Waals surface area contributed by atoms with Crippen LogP contribution < -0.4 is 11.1 Å². The minimum atomic E-state index is -0.608. The molecule has 4 nitrogen and oxygen atoms in total. The highest BCUT2D eigenvalue weighted by Gasteiger charge is 2.15. The van der Waals surface area contributed by atoms with E-state index in [1.807, 2.05) is 0 Å². The lowest BCUT2D eigenvalue weighted by Gasteiger charge is -2.14. The molecule has 1 aromatic heterocycles. The standard InChI is InChI=1S/C14H15F2N3OS/c1-8(5-10-11(15)3-2-4-12(10)16)18-13(20)6-9-7-21-14(17)19-9/h2-4,7-8H,5-6H2,1H3,(H2,17,19)(H,18,20). The summed E-state index contributed by atoms with van der Waals surface area (Å²) >= 11 is 1.26. The van der Waals surface area contributed by atoms with Crippen LogP contribution in [0.3, 0.4) is 0 Å². The molecular weight excluding hydrogens is 296 g/mol. The lowest BCUT2D eigenvalue weighted by molar-refractivity contribution is -0.121. The molecular formula is C14H15F2N3OS. The van der Waals surface area contributed by atoms with Crippen LogP contribution in [0, 0.1) is 11.6 Å². The average Bonchev–Trinajstić information content (AvgIpc) is 2.79. The number of hydrogen-bond acceptors (Lipinski definition) is 4. The number of thiazole rings is 1. The van der Waals surface area contributed by atoms with Crippen LogP contribution in [-0.4, -0.2) is 16.9 Å². The minimum Gasteiger partial charge on any atom is -0.375 e. The molecule has 1 aromatic carbocycles. The number of nitrogens with zero attached hydrogens (tertiary/aromatic N) is 1. The smallest absolute Gasteiger partial charge is 0.226 e. The van der Waals surface area contributed by atoms with Gasteiger partial charge in [-0.25, -0.2) is 13.8 Å². The maximum atomic E-state index is 13.5. The molecule has 0 aliphatic rings. The zero-order valence-corrected chi connectivity index (χ0v) is 12.2. The van der Waals surface area contributed by atoms with Crippen LogP contribution in [0.15, 0.2) is 23.6 Å². The zero-order chi connectivity index (χ0) is 15.4. The summed E-state index contributed by atoms with van der Waals surface area (Å²) in [5.41, 5.74) is 6.04. The fourth-order valence-electron chi connectivity index (χ4n) is 1.98. The third kappa shape index (κ3) is 4.22. The van der Waals surface area contributed by atoms with E-state index in [1.165, 1.54) is 29.5 Å². The minimum absolute atomic E-state index is 0.0248. The molecule has 0 aliphatic heterocycles. The fraction of sp³-hybridized carbons (Fsp3) is 0.286. The number of nitrogens with one attached hydrogen (secondary N) is 1. The van der Waals surface area contributed by atoms with Crippen LogP contribution in [0.25, 0.3) is 0 Å². The van der Waals surface area contributed by atoms with E-state index in [-0.39, 0.29) is 30.4 Å². The summed E-state index contributed by atoms with van der Waals surface area (Å²) in [7, 11) is 0. The molecule has 112 valence electrons. The number of rotatable bonds is 5. The SMILES string of the molecule is CC(Cc1c(F)cccc1F)NC(=O)Cc1csc(N)n1. The van der Waals surface area contributed by atoms with Gasteiger partial charge in [-0.05, 0) is 25.5 Å². The van der Waals surface area contributed by atoms with Gasteiger partial charge in [0.15, 0.2) is 5.13 Å². The van der Waals surface area contributed by atoms with Gasteiger partial charge in [0.25, 0.3) is 0 Å². The molecule has 0 saturated heterocycles. The van der Waals surface area contributed by atoms with Gasteiger partial charge in [0.1, 0.15) is 11.6 Å². The van der Waals surface area contributed by atoms with E-state index in [1.54, 1.807) is 12.3 Å². The van der Waals surface area contributed by atoms with Crippen molar-refractivity contribution in [1.82, 2.24) is 10.3 Å². The van der Waals surface area contributed by atoms with Crippen molar-refractivity contribution < 1.29 is 13.6 Å². The van der Waals surface area contributed by atoms with Gasteiger partial charge in [-0.2, -0.15) is 0 Å². The first-order valence-electron chi connectivity index (χ1n) is 6.38. The predicted octanol–water partition coefficient (Wildman–Crippen LogP) is 2.29. The van der Waals surface area contributed by atoms with E-state index in [0.29, 0.717) is 10.8 Å². The van der Waals surface area contributed by atoms with Gasteiger partial charge in [0.2, 0.25) is 5.91 Å². The van der Waals surface area contributed by atoms with Crippen LogP contribution in [0.4, 0.5) is 13.9 Å². The number of amides is 1. The molecule has 0 radical (unpaired) electrons. The number of nitrogens with two attached hydrogens (primary N) is 1. The van der Waals surface area contributed by atoms with E-state index < -0.39 is 11.6 Å². The van der Waals surface area contributed by atoms with Crippen molar-refractivity contribution >= 4 is 22.4 Å². The van der Waals surface area contributed by atoms with Gasteiger partial charge in [-0.15, -0.1) is 11.3 Å². The highest BCUT2D eigenvalue weighted by atomic mass is 32.1. The van der Waals surface area contributed by atoms with E-state index >= 15 is 0 Å². The zero-order valence-electron chi connectivity index (χ0n) is 11.4. The Labute approximate surface area is 125 Å². The summed E-state index contributed by atoms with van der Waals surface area (Å²) in [6, 6.07) is 3.32. The average molecular weight is 311 g/mol. The van der Waals surface area contributed by atoms with Gasteiger partial charge < -0.3 is 11.1 Å². The van der Waals surface area contributed by atoms with Gasteiger partial charge in [-0.1, -0.05) is 6.07 Å². The first-order valence-corrected chi connectivity index (χ1v) is 7.26.